The molecule has 5 nitrogen and oxygen atoms in total. The van der Waals surface area contributed by atoms with Crippen LogP contribution in [0.1, 0.15) is 39.5 Å². The van der Waals surface area contributed by atoms with Crippen LogP contribution in [0.4, 0.5) is 0 Å². The Morgan fingerprint density at radius 1 is 1.29 bits per heavy atom. The van der Waals surface area contributed by atoms with Crippen molar-refractivity contribution in [2.45, 2.75) is 51.6 Å². The highest BCUT2D eigenvalue weighted by atomic mass is 16.4. The number of hydrogen-bond donors (Lipinski definition) is 3. The Balaban J connectivity index is 2.28. The standard InChI is InChI=1S/C12H22N2O3/c1-8(2)11(12(16)17)13-7-10(15)14-9-5-3-4-6-9/h8-9,11,13H,3-7H2,1-2H3,(H,14,15)(H,16,17). The fraction of sp³-hybridized carbons (Fsp3) is 0.833. The maximum atomic E-state index is 11.6. The first-order valence-corrected chi connectivity index (χ1v) is 6.26. The summed E-state index contributed by atoms with van der Waals surface area (Å²) in [5.41, 5.74) is 0. The summed E-state index contributed by atoms with van der Waals surface area (Å²) in [5.74, 6) is -1.05. The Hall–Kier alpha value is -1.10. The lowest BCUT2D eigenvalue weighted by Gasteiger charge is -2.18. The van der Waals surface area contributed by atoms with E-state index in [1.165, 1.54) is 12.8 Å². The molecule has 1 saturated carbocycles. The average molecular weight is 242 g/mol. The second-order valence-electron chi connectivity index (χ2n) is 4.99. The van der Waals surface area contributed by atoms with E-state index in [1.807, 2.05) is 13.8 Å². The van der Waals surface area contributed by atoms with Crippen LogP contribution >= 0.6 is 0 Å². The van der Waals surface area contributed by atoms with Crippen molar-refractivity contribution in [1.82, 2.24) is 10.6 Å². The Labute approximate surface area is 102 Å². The number of hydrogen-bond acceptors (Lipinski definition) is 3. The molecule has 3 N–H and O–H groups in total. The largest absolute Gasteiger partial charge is 0.480 e. The fourth-order valence-corrected chi connectivity index (χ4v) is 2.16. The summed E-state index contributed by atoms with van der Waals surface area (Å²) in [6, 6.07) is -0.379. The quantitative estimate of drug-likeness (QED) is 0.642. The molecule has 98 valence electrons. The minimum atomic E-state index is -0.909. The SMILES string of the molecule is CC(C)C(NCC(=O)NC1CCCC1)C(=O)O. The molecule has 1 aliphatic carbocycles. The molecule has 0 saturated heterocycles. The first-order chi connectivity index (χ1) is 8.00. The molecule has 0 bridgehead atoms. The predicted molar refractivity (Wildman–Crippen MR) is 64.7 cm³/mol. The lowest BCUT2D eigenvalue weighted by molar-refractivity contribution is -0.140. The predicted octanol–water partition coefficient (Wildman–Crippen LogP) is 0.744. The third kappa shape index (κ3) is 4.73. The van der Waals surface area contributed by atoms with Gasteiger partial charge in [0.05, 0.1) is 6.54 Å². The van der Waals surface area contributed by atoms with E-state index in [9.17, 15) is 9.59 Å². The monoisotopic (exact) mass is 242 g/mol. The molecule has 1 amide bonds. The van der Waals surface area contributed by atoms with E-state index in [2.05, 4.69) is 10.6 Å². The van der Waals surface area contributed by atoms with E-state index in [1.54, 1.807) is 0 Å². The molecule has 1 rings (SSSR count). The molecule has 0 aromatic carbocycles. The van der Waals surface area contributed by atoms with Gasteiger partial charge in [-0.1, -0.05) is 26.7 Å². The molecular weight excluding hydrogens is 220 g/mol. The highest BCUT2D eigenvalue weighted by Gasteiger charge is 2.22. The van der Waals surface area contributed by atoms with Crippen LogP contribution in [0.15, 0.2) is 0 Å². The first-order valence-electron chi connectivity index (χ1n) is 6.26. The van der Waals surface area contributed by atoms with E-state index in [4.69, 9.17) is 5.11 Å². The lowest BCUT2D eigenvalue weighted by atomic mass is 10.1. The van der Waals surface area contributed by atoms with Crippen molar-refractivity contribution in [3.8, 4) is 0 Å². The Morgan fingerprint density at radius 2 is 1.88 bits per heavy atom. The summed E-state index contributed by atoms with van der Waals surface area (Å²) in [5, 5.41) is 14.6. The molecule has 1 unspecified atom stereocenters. The smallest absolute Gasteiger partial charge is 0.320 e. The number of amides is 1. The summed E-state index contributed by atoms with van der Waals surface area (Å²) < 4.78 is 0. The van der Waals surface area contributed by atoms with Crippen molar-refractivity contribution in [1.29, 1.82) is 0 Å². The van der Waals surface area contributed by atoms with Crippen LogP contribution in [0.25, 0.3) is 0 Å². The van der Waals surface area contributed by atoms with E-state index < -0.39 is 12.0 Å². The number of carbonyl (C=O) groups is 2. The third-order valence-electron chi connectivity index (χ3n) is 3.14. The molecule has 0 aliphatic heterocycles. The van der Waals surface area contributed by atoms with Gasteiger partial charge in [-0.15, -0.1) is 0 Å². The van der Waals surface area contributed by atoms with E-state index in [0.29, 0.717) is 0 Å². The topological polar surface area (TPSA) is 78.4 Å². The highest BCUT2D eigenvalue weighted by molar-refractivity contribution is 5.80. The van der Waals surface area contributed by atoms with Gasteiger partial charge < -0.3 is 10.4 Å². The molecule has 0 aromatic heterocycles. The van der Waals surface area contributed by atoms with Crippen LogP contribution in [0.5, 0.6) is 0 Å². The summed E-state index contributed by atoms with van der Waals surface area (Å²) in [7, 11) is 0. The van der Waals surface area contributed by atoms with Gasteiger partial charge in [-0.3, -0.25) is 14.9 Å². The van der Waals surface area contributed by atoms with Gasteiger partial charge in [0.25, 0.3) is 0 Å². The zero-order valence-electron chi connectivity index (χ0n) is 10.5. The summed E-state index contributed by atoms with van der Waals surface area (Å²) >= 11 is 0. The van der Waals surface area contributed by atoms with Gasteiger partial charge in [0.15, 0.2) is 0 Å². The Morgan fingerprint density at radius 3 is 2.35 bits per heavy atom. The van der Waals surface area contributed by atoms with Gasteiger partial charge in [-0.25, -0.2) is 0 Å². The normalized spacial score (nSPS) is 18.3. The van der Waals surface area contributed by atoms with E-state index in [-0.39, 0.29) is 24.4 Å². The number of aliphatic carboxylic acids is 1. The van der Waals surface area contributed by atoms with Crippen LogP contribution < -0.4 is 10.6 Å². The molecule has 0 aromatic rings. The molecule has 1 aliphatic rings. The van der Waals surface area contributed by atoms with Gasteiger partial charge in [0, 0.05) is 6.04 Å². The Kier molecular flexibility index (Phi) is 5.41. The van der Waals surface area contributed by atoms with Gasteiger partial charge in [-0.2, -0.15) is 0 Å². The fourth-order valence-electron chi connectivity index (χ4n) is 2.16. The van der Waals surface area contributed by atoms with Crippen LogP contribution in [0, 0.1) is 5.92 Å². The van der Waals surface area contributed by atoms with Crippen molar-refractivity contribution in [3.63, 3.8) is 0 Å². The number of rotatable bonds is 6. The second kappa shape index (κ2) is 6.59. The van der Waals surface area contributed by atoms with Crippen molar-refractivity contribution in [2.75, 3.05) is 6.54 Å². The number of carbonyl (C=O) groups excluding carboxylic acids is 1. The number of nitrogens with one attached hydrogen (secondary N) is 2. The minimum absolute atomic E-state index is 0.0354. The molecular formula is C12H22N2O3. The lowest BCUT2D eigenvalue weighted by Crippen LogP contribution is -2.47. The average Bonchev–Trinajstić information content (AvgIpc) is 2.69. The van der Waals surface area contributed by atoms with Crippen LogP contribution in [-0.2, 0) is 9.59 Å². The van der Waals surface area contributed by atoms with Crippen molar-refractivity contribution in [2.24, 2.45) is 5.92 Å². The molecule has 17 heavy (non-hydrogen) atoms. The first kappa shape index (κ1) is 14.0. The van der Waals surface area contributed by atoms with Gasteiger partial charge in [0.1, 0.15) is 6.04 Å². The summed E-state index contributed by atoms with van der Waals surface area (Å²) in [6.45, 7) is 3.72. The number of carboxylic acids is 1. The van der Waals surface area contributed by atoms with Gasteiger partial charge >= 0.3 is 5.97 Å². The zero-order chi connectivity index (χ0) is 12.8. The molecule has 5 heteroatoms. The maximum Gasteiger partial charge on any atom is 0.320 e. The van der Waals surface area contributed by atoms with E-state index >= 15 is 0 Å². The maximum absolute atomic E-state index is 11.6. The molecule has 0 radical (unpaired) electrons. The third-order valence-corrected chi connectivity index (χ3v) is 3.14. The van der Waals surface area contributed by atoms with Crippen LogP contribution in [0.3, 0.4) is 0 Å². The van der Waals surface area contributed by atoms with E-state index in [0.717, 1.165) is 12.8 Å². The summed E-state index contributed by atoms with van der Waals surface area (Å²) in [6.07, 6.45) is 4.42. The van der Waals surface area contributed by atoms with Crippen LogP contribution in [0.2, 0.25) is 0 Å². The van der Waals surface area contributed by atoms with Crippen LogP contribution in [-0.4, -0.2) is 35.6 Å². The molecule has 0 heterocycles. The highest BCUT2D eigenvalue weighted by Crippen LogP contribution is 2.17. The van der Waals surface area contributed by atoms with Gasteiger partial charge in [-0.05, 0) is 18.8 Å². The summed E-state index contributed by atoms with van der Waals surface area (Å²) in [4.78, 5) is 22.5. The number of carboxylic acid groups (broad SMARTS) is 1. The molecule has 0 spiro atoms. The van der Waals surface area contributed by atoms with Gasteiger partial charge in [0.2, 0.25) is 5.91 Å². The molecule has 1 fully saturated rings. The van der Waals surface area contributed by atoms with Crippen molar-refractivity contribution >= 4 is 11.9 Å². The zero-order valence-corrected chi connectivity index (χ0v) is 10.5. The second-order valence-corrected chi connectivity index (χ2v) is 4.99. The van der Waals surface area contributed by atoms with Crippen molar-refractivity contribution in [3.05, 3.63) is 0 Å². The van der Waals surface area contributed by atoms with Crippen molar-refractivity contribution < 1.29 is 14.7 Å². The molecule has 1 atom stereocenters. The Bertz CT molecular complexity index is 273. The minimum Gasteiger partial charge on any atom is -0.480 e.